The second-order valence-corrected chi connectivity index (χ2v) is 8.93. The summed E-state index contributed by atoms with van der Waals surface area (Å²) < 4.78 is 85.2. The van der Waals surface area contributed by atoms with E-state index in [2.05, 4.69) is 20.5 Å². The molecule has 3 aromatic rings. The zero-order valence-corrected chi connectivity index (χ0v) is 19.9. The van der Waals surface area contributed by atoms with E-state index in [1.165, 1.54) is 0 Å². The maximum atomic E-state index is 14.0. The summed E-state index contributed by atoms with van der Waals surface area (Å²) in [6.45, 7) is 2.53. The van der Waals surface area contributed by atoms with Crippen LogP contribution in [0.1, 0.15) is 30.4 Å². The standard InChI is InChI=1S/C24H26F6N6O/c1-14-12-16(32-22-33-21(31)34-35-22)13-19(24(28,29)30)20(14)15-2-4-17(5-3-15)37-18-6-9-36(10-7-18)11-8-23(25,26)27/h2-5,12-13,18H,6-11H2,1H3,(H4,31,32,33,34,35). The quantitative estimate of drug-likeness (QED) is 0.330. The number of rotatable bonds is 7. The molecule has 0 unspecified atom stereocenters. The third kappa shape index (κ3) is 7.06. The Kier molecular flexibility index (Phi) is 7.53. The lowest BCUT2D eigenvalue weighted by molar-refractivity contribution is -0.139. The zero-order chi connectivity index (χ0) is 26.8. The lowest BCUT2D eigenvalue weighted by atomic mass is 9.93. The minimum absolute atomic E-state index is 0.0289. The minimum Gasteiger partial charge on any atom is -0.490 e. The molecule has 0 saturated carbocycles. The second kappa shape index (κ2) is 10.5. The van der Waals surface area contributed by atoms with E-state index in [0.29, 0.717) is 42.8 Å². The monoisotopic (exact) mass is 528 g/mol. The van der Waals surface area contributed by atoms with Crippen LogP contribution in [0.3, 0.4) is 0 Å². The van der Waals surface area contributed by atoms with Gasteiger partial charge >= 0.3 is 12.4 Å². The highest BCUT2D eigenvalue weighted by molar-refractivity contribution is 5.76. The van der Waals surface area contributed by atoms with Crippen LogP contribution in [0.25, 0.3) is 11.1 Å². The smallest absolute Gasteiger partial charge is 0.417 e. The van der Waals surface area contributed by atoms with E-state index in [0.717, 1.165) is 6.07 Å². The first-order chi connectivity index (χ1) is 17.4. The van der Waals surface area contributed by atoms with Crippen molar-refractivity contribution in [1.29, 1.82) is 0 Å². The predicted octanol–water partition coefficient (Wildman–Crippen LogP) is 5.92. The SMILES string of the molecule is Cc1cc(Nc2n[nH]c(N)n2)cc(C(F)(F)F)c1-c1ccc(OC2CCN(CCC(F)(F)F)CC2)cc1. The van der Waals surface area contributed by atoms with Crippen LogP contribution < -0.4 is 15.8 Å². The summed E-state index contributed by atoms with van der Waals surface area (Å²) in [6.07, 6.45) is -8.67. The van der Waals surface area contributed by atoms with Crippen LogP contribution >= 0.6 is 0 Å². The van der Waals surface area contributed by atoms with Crippen LogP contribution in [0.2, 0.25) is 0 Å². The first-order valence-corrected chi connectivity index (χ1v) is 11.6. The number of aryl methyl sites for hydroxylation is 1. The number of aromatic amines is 1. The molecule has 13 heteroatoms. The van der Waals surface area contributed by atoms with Crippen molar-refractivity contribution in [2.24, 2.45) is 0 Å². The van der Waals surface area contributed by atoms with Gasteiger partial charge in [0.15, 0.2) is 0 Å². The summed E-state index contributed by atoms with van der Waals surface area (Å²) >= 11 is 0. The molecule has 1 aromatic heterocycles. The predicted molar refractivity (Wildman–Crippen MR) is 126 cm³/mol. The highest BCUT2D eigenvalue weighted by atomic mass is 19.4. The van der Waals surface area contributed by atoms with Crippen molar-refractivity contribution in [2.75, 3.05) is 30.7 Å². The van der Waals surface area contributed by atoms with Crippen molar-refractivity contribution < 1.29 is 31.1 Å². The highest BCUT2D eigenvalue weighted by Crippen LogP contribution is 2.41. The third-order valence-corrected chi connectivity index (χ3v) is 6.09. The van der Waals surface area contributed by atoms with Crippen LogP contribution in [0.5, 0.6) is 5.75 Å². The first kappa shape index (κ1) is 26.6. The molecule has 0 amide bonds. The van der Waals surface area contributed by atoms with Crippen LogP contribution in [0.15, 0.2) is 36.4 Å². The van der Waals surface area contributed by atoms with Gasteiger partial charge in [0, 0.05) is 25.3 Å². The largest absolute Gasteiger partial charge is 0.490 e. The molecular weight excluding hydrogens is 502 g/mol. The van der Waals surface area contributed by atoms with E-state index in [-0.39, 0.29) is 35.8 Å². The van der Waals surface area contributed by atoms with Gasteiger partial charge < -0.3 is 20.7 Å². The molecule has 1 saturated heterocycles. The number of benzene rings is 2. The molecule has 2 heterocycles. The molecule has 0 atom stereocenters. The van der Waals surface area contributed by atoms with Gasteiger partial charge in [0.05, 0.1) is 12.0 Å². The normalized spacial score (nSPS) is 15.6. The van der Waals surface area contributed by atoms with E-state index >= 15 is 0 Å². The van der Waals surface area contributed by atoms with Gasteiger partial charge in [-0.25, -0.2) is 5.10 Å². The average Bonchev–Trinajstić information content (AvgIpc) is 3.22. The second-order valence-electron chi connectivity index (χ2n) is 8.93. The van der Waals surface area contributed by atoms with Gasteiger partial charge in [-0.05, 0) is 60.7 Å². The van der Waals surface area contributed by atoms with Crippen molar-refractivity contribution in [3.63, 3.8) is 0 Å². The fraction of sp³-hybridized carbons (Fsp3) is 0.417. The van der Waals surface area contributed by atoms with E-state index in [1.807, 2.05) is 0 Å². The number of hydrogen-bond donors (Lipinski definition) is 3. The van der Waals surface area contributed by atoms with E-state index < -0.39 is 24.3 Å². The maximum Gasteiger partial charge on any atom is 0.417 e. The van der Waals surface area contributed by atoms with Crippen LogP contribution in [-0.2, 0) is 6.18 Å². The molecule has 1 aliphatic heterocycles. The Balaban J connectivity index is 1.45. The number of likely N-dealkylation sites (tertiary alicyclic amines) is 1. The van der Waals surface area contributed by atoms with Gasteiger partial charge in [0.25, 0.3) is 0 Å². The van der Waals surface area contributed by atoms with Gasteiger partial charge in [-0.15, -0.1) is 5.10 Å². The minimum atomic E-state index is -4.62. The Morgan fingerprint density at radius 2 is 1.76 bits per heavy atom. The molecule has 37 heavy (non-hydrogen) atoms. The topological polar surface area (TPSA) is 92.1 Å². The molecular formula is C24H26F6N6O. The summed E-state index contributed by atoms with van der Waals surface area (Å²) in [5.41, 5.74) is 5.60. The summed E-state index contributed by atoms with van der Waals surface area (Å²) in [6, 6.07) is 8.89. The highest BCUT2D eigenvalue weighted by Gasteiger charge is 2.35. The van der Waals surface area contributed by atoms with Gasteiger partial charge in [0.1, 0.15) is 11.9 Å². The molecule has 0 spiro atoms. The molecule has 2 aromatic carbocycles. The fourth-order valence-electron chi connectivity index (χ4n) is 4.35. The van der Waals surface area contributed by atoms with E-state index in [9.17, 15) is 26.3 Å². The lowest BCUT2D eigenvalue weighted by Gasteiger charge is -2.32. The fourth-order valence-corrected chi connectivity index (χ4v) is 4.35. The van der Waals surface area contributed by atoms with Gasteiger partial charge in [-0.3, -0.25) is 0 Å². The summed E-state index contributed by atoms with van der Waals surface area (Å²) in [5, 5.41) is 8.91. The van der Waals surface area contributed by atoms with Crippen molar-refractivity contribution in [3.8, 4) is 16.9 Å². The molecule has 200 valence electrons. The number of ether oxygens (including phenoxy) is 1. The van der Waals surface area contributed by atoms with Crippen molar-refractivity contribution >= 4 is 17.6 Å². The molecule has 4 rings (SSSR count). The Labute approximate surface area is 209 Å². The van der Waals surface area contributed by atoms with Crippen LogP contribution in [-0.4, -0.2) is 52.0 Å². The number of piperidine rings is 1. The molecule has 1 fully saturated rings. The number of nitrogens with zero attached hydrogens (tertiary/aromatic N) is 3. The molecule has 0 aliphatic carbocycles. The number of H-pyrrole nitrogens is 1. The number of alkyl halides is 6. The van der Waals surface area contributed by atoms with Crippen molar-refractivity contribution in [2.45, 2.75) is 44.6 Å². The number of halogens is 6. The van der Waals surface area contributed by atoms with Gasteiger partial charge in [-0.1, -0.05) is 12.1 Å². The summed E-state index contributed by atoms with van der Waals surface area (Å²) in [4.78, 5) is 5.60. The molecule has 7 nitrogen and oxygen atoms in total. The summed E-state index contributed by atoms with van der Waals surface area (Å²) in [5.74, 6) is 0.566. The number of hydrogen-bond acceptors (Lipinski definition) is 6. The van der Waals surface area contributed by atoms with E-state index in [1.54, 1.807) is 42.2 Å². The average molecular weight is 529 g/mol. The summed E-state index contributed by atoms with van der Waals surface area (Å²) in [7, 11) is 0. The molecule has 4 N–H and O–H groups in total. The number of nitrogen functional groups attached to an aromatic ring is 1. The molecule has 0 radical (unpaired) electrons. The number of nitrogens with one attached hydrogen (secondary N) is 2. The lowest BCUT2D eigenvalue weighted by Crippen LogP contribution is -2.39. The number of aromatic nitrogens is 3. The zero-order valence-electron chi connectivity index (χ0n) is 19.9. The molecule has 1 aliphatic rings. The Morgan fingerprint density at radius 3 is 2.32 bits per heavy atom. The molecule has 0 bridgehead atoms. The van der Waals surface area contributed by atoms with Crippen molar-refractivity contribution in [3.05, 3.63) is 47.5 Å². The van der Waals surface area contributed by atoms with Crippen LogP contribution in [0, 0.1) is 6.92 Å². The van der Waals surface area contributed by atoms with Gasteiger partial charge in [-0.2, -0.15) is 31.3 Å². The Hall–Kier alpha value is -3.48. The number of anilines is 3. The van der Waals surface area contributed by atoms with Crippen molar-refractivity contribution in [1.82, 2.24) is 20.1 Å². The number of nitrogens with two attached hydrogens (primary N) is 1. The van der Waals surface area contributed by atoms with Crippen LogP contribution in [0.4, 0.5) is 43.9 Å². The first-order valence-electron chi connectivity index (χ1n) is 11.6. The van der Waals surface area contributed by atoms with E-state index in [4.69, 9.17) is 10.5 Å². The third-order valence-electron chi connectivity index (χ3n) is 6.09. The Bertz CT molecular complexity index is 1200. The van der Waals surface area contributed by atoms with Gasteiger partial charge in [0.2, 0.25) is 11.9 Å². The maximum absolute atomic E-state index is 14.0. The Morgan fingerprint density at radius 1 is 1.08 bits per heavy atom.